The largest absolute Gasteiger partial charge is 0.490 e. The Morgan fingerprint density at radius 1 is 1.26 bits per heavy atom. The summed E-state index contributed by atoms with van der Waals surface area (Å²) >= 11 is 0. The summed E-state index contributed by atoms with van der Waals surface area (Å²) in [6.07, 6.45) is -0.372. The van der Waals surface area contributed by atoms with Crippen molar-refractivity contribution in [3.63, 3.8) is 0 Å². The summed E-state index contributed by atoms with van der Waals surface area (Å²) in [5.74, 6) is -2.79. The van der Waals surface area contributed by atoms with Crippen molar-refractivity contribution in [1.29, 1.82) is 0 Å². The van der Waals surface area contributed by atoms with Crippen LogP contribution in [0.4, 0.5) is 23.4 Å². The number of rotatable bonds is 3. The Kier molecular flexibility index (Phi) is 6.77. The molecule has 8 nitrogen and oxygen atoms in total. The molecule has 4 rings (SSSR count). The molecule has 0 aromatic carbocycles. The van der Waals surface area contributed by atoms with Gasteiger partial charge in [-0.15, -0.1) is 0 Å². The van der Waals surface area contributed by atoms with Gasteiger partial charge in [0, 0.05) is 32.4 Å². The summed E-state index contributed by atoms with van der Waals surface area (Å²) in [4.78, 5) is 14.9. The van der Waals surface area contributed by atoms with E-state index in [2.05, 4.69) is 4.98 Å². The standard InChI is InChI=1S/C16H22FN3O3S.C2HF3O2/c17-14-3-1-7-18-15(14)19-8-2-6-16(11-19)12-20(9-10-23-16)24(21,22)13-4-5-13;3-2(4,5)1(6)7/h1,3,7,13H,2,4-6,8-12H2;(H,6,7). The molecule has 3 aliphatic rings. The van der Waals surface area contributed by atoms with E-state index in [1.807, 2.05) is 4.90 Å². The Hall–Kier alpha value is -1.99. The molecule has 174 valence electrons. The fourth-order valence-corrected chi connectivity index (χ4v) is 5.64. The van der Waals surface area contributed by atoms with E-state index in [4.69, 9.17) is 14.6 Å². The first kappa shape index (κ1) is 23.7. The molecule has 1 unspecified atom stereocenters. The van der Waals surface area contributed by atoms with Gasteiger partial charge in [0.05, 0.1) is 17.5 Å². The molecule has 13 heteroatoms. The van der Waals surface area contributed by atoms with Crippen LogP contribution in [0.5, 0.6) is 0 Å². The lowest BCUT2D eigenvalue weighted by molar-refractivity contribution is -0.192. The minimum absolute atomic E-state index is 0.208. The van der Waals surface area contributed by atoms with Crippen LogP contribution in [-0.4, -0.2) is 78.6 Å². The third-order valence-corrected chi connectivity index (χ3v) is 7.68. The van der Waals surface area contributed by atoms with Gasteiger partial charge >= 0.3 is 12.1 Å². The predicted molar refractivity (Wildman–Crippen MR) is 102 cm³/mol. The average Bonchev–Trinajstić information content (AvgIpc) is 3.54. The van der Waals surface area contributed by atoms with Gasteiger partial charge in [-0.3, -0.25) is 0 Å². The van der Waals surface area contributed by atoms with Crippen LogP contribution in [0.1, 0.15) is 25.7 Å². The molecular weight excluding hydrogens is 446 g/mol. The van der Waals surface area contributed by atoms with Gasteiger partial charge in [-0.2, -0.15) is 17.5 Å². The molecule has 1 N–H and O–H groups in total. The van der Waals surface area contributed by atoms with E-state index in [1.54, 1.807) is 16.6 Å². The molecule has 31 heavy (non-hydrogen) atoms. The topological polar surface area (TPSA) is 100 Å². The molecule has 1 aromatic rings. The number of piperidine rings is 1. The van der Waals surface area contributed by atoms with Gasteiger partial charge in [0.1, 0.15) is 0 Å². The molecule has 3 fully saturated rings. The van der Waals surface area contributed by atoms with Crippen molar-refractivity contribution in [3.05, 3.63) is 24.1 Å². The summed E-state index contributed by atoms with van der Waals surface area (Å²) in [6, 6.07) is 2.97. The minimum atomic E-state index is -5.08. The number of hydrogen-bond donors (Lipinski definition) is 1. The van der Waals surface area contributed by atoms with Gasteiger partial charge < -0.3 is 14.7 Å². The van der Waals surface area contributed by atoms with Crippen molar-refractivity contribution < 1.29 is 40.6 Å². The maximum absolute atomic E-state index is 14.1. The number of ether oxygens (including phenoxy) is 1. The molecule has 1 aliphatic carbocycles. The maximum Gasteiger partial charge on any atom is 0.490 e. The Morgan fingerprint density at radius 2 is 1.94 bits per heavy atom. The number of aliphatic carboxylic acids is 1. The molecule has 1 saturated carbocycles. The number of carbonyl (C=O) groups is 1. The number of anilines is 1. The molecule has 1 aromatic heterocycles. The third-order valence-electron chi connectivity index (χ3n) is 5.34. The predicted octanol–water partition coefficient (Wildman–Crippen LogP) is 2.02. The number of halogens is 4. The monoisotopic (exact) mass is 469 g/mol. The molecule has 2 aliphatic heterocycles. The number of alkyl halides is 3. The molecule has 1 atom stereocenters. The highest BCUT2D eigenvalue weighted by molar-refractivity contribution is 7.90. The Morgan fingerprint density at radius 3 is 2.52 bits per heavy atom. The van der Waals surface area contributed by atoms with Crippen molar-refractivity contribution in [2.45, 2.75) is 42.7 Å². The van der Waals surface area contributed by atoms with Gasteiger partial charge in [0.15, 0.2) is 11.6 Å². The van der Waals surface area contributed by atoms with Gasteiger partial charge in [0.25, 0.3) is 0 Å². The number of aromatic nitrogens is 1. The van der Waals surface area contributed by atoms with Gasteiger partial charge in [-0.1, -0.05) is 0 Å². The normalized spacial score (nSPS) is 25.1. The van der Waals surface area contributed by atoms with Crippen LogP contribution >= 0.6 is 0 Å². The van der Waals surface area contributed by atoms with Crippen molar-refractivity contribution in [2.75, 3.05) is 37.7 Å². The number of morpholine rings is 1. The van der Waals surface area contributed by atoms with Crippen LogP contribution in [0.25, 0.3) is 0 Å². The van der Waals surface area contributed by atoms with Crippen LogP contribution in [0.2, 0.25) is 0 Å². The molecule has 0 amide bonds. The second-order valence-electron chi connectivity index (χ2n) is 7.75. The summed E-state index contributed by atoms with van der Waals surface area (Å²) in [7, 11) is -3.21. The van der Waals surface area contributed by atoms with Gasteiger partial charge in [0.2, 0.25) is 10.0 Å². The molecular formula is C18H23F4N3O5S. The van der Waals surface area contributed by atoms with Crippen LogP contribution in [0.3, 0.4) is 0 Å². The zero-order valence-electron chi connectivity index (χ0n) is 16.5. The second kappa shape index (κ2) is 8.87. The average molecular weight is 469 g/mol. The smallest absolute Gasteiger partial charge is 0.475 e. The minimum Gasteiger partial charge on any atom is -0.475 e. The van der Waals surface area contributed by atoms with Crippen LogP contribution in [0, 0.1) is 5.82 Å². The van der Waals surface area contributed by atoms with Crippen molar-refractivity contribution in [2.24, 2.45) is 0 Å². The lowest BCUT2D eigenvalue weighted by Crippen LogP contribution is -2.61. The van der Waals surface area contributed by atoms with E-state index in [9.17, 15) is 26.0 Å². The summed E-state index contributed by atoms with van der Waals surface area (Å²) in [6.45, 7) is 2.34. The maximum atomic E-state index is 14.1. The first-order chi connectivity index (χ1) is 14.4. The number of nitrogens with zero attached hydrogens (tertiary/aromatic N) is 3. The van der Waals surface area contributed by atoms with Crippen LogP contribution < -0.4 is 4.90 Å². The fraction of sp³-hybridized carbons (Fsp3) is 0.667. The van der Waals surface area contributed by atoms with E-state index in [-0.39, 0.29) is 11.1 Å². The third kappa shape index (κ3) is 5.63. The molecule has 1 spiro atoms. The van der Waals surface area contributed by atoms with Crippen molar-refractivity contribution in [3.8, 4) is 0 Å². The highest BCUT2D eigenvalue weighted by Gasteiger charge is 2.48. The first-order valence-corrected chi connectivity index (χ1v) is 11.2. The van der Waals surface area contributed by atoms with Crippen LogP contribution in [-0.2, 0) is 19.6 Å². The molecule has 0 radical (unpaired) electrons. The number of pyridine rings is 1. The Labute approximate surface area is 176 Å². The van der Waals surface area contributed by atoms with Crippen molar-refractivity contribution in [1.82, 2.24) is 9.29 Å². The lowest BCUT2D eigenvalue weighted by Gasteiger charge is -2.47. The van der Waals surface area contributed by atoms with Gasteiger partial charge in [-0.25, -0.2) is 22.6 Å². The van der Waals surface area contributed by atoms with Gasteiger partial charge in [-0.05, 0) is 37.8 Å². The summed E-state index contributed by atoms with van der Waals surface area (Å²) in [5, 5.41) is 6.92. The first-order valence-electron chi connectivity index (χ1n) is 9.73. The van der Waals surface area contributed by atoms with E-state index in [0.717, 1.165) is 25.7 Å². The zero-order chi connectivity index (χ0) is 22.9. The molecule has 3 heterocycles. The van der Waals surface area contributed by atoms with Crippen molar-refractivity contribution >= 4 is 21.8 Å². The van der Waals surface area contributed by atoms with E-state index in [1.165, 1.54) is 6.07 Å². The lowest BCUT2D eigenvalue weighted by atomic mass is 9.91. The summed E-state index contributed by atoms with van der Waals surface area (Å²) in [5.41, 5.74) is -0.567. The number of hydrogen-bond acceptors (Lipinski definition) is 6. The van der Waals surface area contributed by atoms with E-state index >= 15 is 0 Å². The number of carboxylic acids is 1. The second-order valence-corrected chi connectivity index (χ2v) is 9.96. The fourth-order valence-electron chi connectivity index (χ4n) is 3.74. The van der Waals surface area contributed by atoms with Crippen LogP contribution in [0.15, 0.2) is 18.3 Å². The highest BCUT2D eigenvalue weighted by Crippen LogP contribution is 2.36. The Balaban J connectivity index is 0.000000339. The van der Waals surface area contributed by atoms with E-state index < -0.39 is 27.8 Å². The molecule has 2 saturated heterocycles. The molecule has 0 bridgehead atoms. The zero-order valence-corrected chi connectivity index (χ0v) is 17.3. The Bertz CT molecular complexity index is 906. The quantitative estimate of drug-likeness (QED) is 0.676. The van der Waals surface area contributed by atoms with E-state index in [0.29, 0.717) is 38.6 Å². The highest BCUT2D eigenvalue weighted by atomic mass is 32.2. The number of sulfonamides is 1. The number of carboxylic acid groups (broad SMARTS) is 1. The summed E-state index contributed by atoms with van der Waals surface area (Å²) < 4.78 is 78.5. The SMILES string of the molecule is O=C(O)C(F)(F)F.O=S(=O)(C1CC1)N1CCOC2(CCCN(c3ncccc3F)C2)C1.